The number of likely N-dealkylation sites (tertiary alicyclic amines) is 1. The van der Waals surface area contributed by atoms with Crippen LogP contribution in [0.4, 0.5) is 8.78 Å². The Morgan fingerprint density at radius 3 is 2.35 bits per heavy atom. The monoisotopic (exact) mass is 246 g/mol. The van der Waals surface area contributed by atoms with Crippen molar-refractivity contribution in [2.45, 2.75) is 20.3 Å². The number of fused-ring (bicyclic) bond motifs is 1. The molecule has 0 radical (unpaired) electrons. The molecule has 1 aliphatic heterocycles. The molecule has 0 aromatic carbocycles. The second kappa shape index (κ2) is 3.92. The third kappa shape index (κ3) is 2.12. The average Bonchev–Trinajstić information content (AvgIpc) is 2.70. The highest BCUT2D eigenvalue weighted by Gasteiger charge is 2.62. The summed E-state index contributed by atoms with van der Waals surface area (Å²) in [6.45, 7) is 5.37. The molecule has 1 saturated carbocycles. The van der Waals surface area contributed by atoms with Crippen LogP contribution in [-0.4, -0.2) is 42.8 Å². The SMILES string of the molecule is CC1(C)C2CN(C(=O)CNC(=O)C(F)F)CC21. The van der Waals surface area contributed by atoms with Crippen molar-refractivity contribution in [2.24, 2.45) is 17.3 Å². The van der Waals surface area contributed by atoms with Crippen LogP contribution < -0.4 is 5.32 Å². The number of nitrogens with one attached hydrogen (secondary N) is 1. The summed E-state index contributed by atoms with van der Waals surface area (Å²) in [5, 5.41) is 1.93. The van der Waals surface area contributed by atoms with Crippen molar-refractivity contribution < 1.29 is 18.4 Å². The summed E-state index contributed by atoms with van der Waals surface area (Å²) in [4.78, 5) is 23.9. The molecule has 2 rings (SSSR count). The van der Waals surface area contributed by atoms with Gasteiger partial charge in [-0.2, -0.15) is 8.78 Å². The molecule has 2 unspecified atom stereocenters. The number of alkyl halides is 2. The summed E-state index contributed by atoms with van der Waals surface area (Å²) in [5.41, 5.74) is 0.309. The van der Waals surface area contributed by atoms with Gasteiger partial charge < -0.3 is 10.2 Å². The van der Waals surface area contributed by atoms with E-state index in [9.17, 15) is 18.4 Å². The lowest BCUT2D eigenvalue weighted by atomic mass is 10.1. The van der Waals surface area contributed by atoms with Gasteiger partial charge in [-0.05, 0) is 17.3 Å². The largest absolute Gasteiger partial charge is 0.342 e. The number of nitrogens with zero attached hydrogens (tertiary/aromatic N) is 1. The molecule has 2 amide bonds. The maximum absolute atomic E-state index is 11.9. The molecule has 4 nitrogen and oxygen atoms in total. The molecule has 2 atom stereocenters. The molecule has 0 aromatic rings. The first kappa shape index (κ1) is 12.3. The second-order valence-corrected chi connectivity index (χ2v) is 5.35. The maximum Gasteiger partial charge on any atom is 0.315 e. The fourth-order valence-electron chi connectivity index (χ4n) is 2.69. The molecule has 0 aromatic heterocycles. The van der Waals surface area contributed by atoms with Crippen LogP contribution in [-0.2, 0) is 9.59 Å². The maximum atomic E-state index is 11.9. The molecule has 17 heavy (non-hydrogen) atoms. The van der Waals surface area contributed by atoms with Gasteiger partial charge in [0.25, 0.3) is 5.91 Å². The van der Waals surface area contributed by atoms with E-state index in [1.165, 1.54) is 0 Å². The van der Waals surface area contributed by atoms with Crippen molar-refractivity contribution in [1.82, 2.24) is 10.2 Å². The first-order valence-corrected chi connectivity index (χ1v) is 5.67. The fourth-order valence-corrected chi connectivity index (χ4v) is 2.69. The molecule has 2 aliphatic rings. The van der Waals surface area contributed by atoms with E-state index < -0.39 is 12.3 Å². The topological polar surface area (TPSA) is 49.4 Å². The van der Waals surface area contributed by atoms with Crippen molar-refractivity contribution >= 4 is 11.8 Å². The van der Waals surface area contributed by atoms with Gasteiger partial charge in [-0.25, -0.2) is 0 Å². The van der Waals surface area contributed by atoms with Gasteiger partial charge in [0.2, 0.25) is 5.91 Å². The van der Waals surface area contributed by atoms with E-state index in [-0.39, 0.29) is 12.5 Å². The van der Waals surface area contributed by atoms with Crippen LogP contribution in [0.2, 0.25) is 0 Å². The summed E-state index contributed by atoms with van der Waals surface area (Å²) in [7, 11) is 0. The number of hydrogen-bond acceptors (Lipinski definition) is 2. The summed E-state index contributed by atoms with van der Waals surface area (Å²) >= 11 is 0. The number of piperidine rings is 1. The summed E-state index contributed by atoms with van der Waals surface area (Å²) < 4.78 is 23.8. The van der Waals surface area contributed by atoms with Gasteiger partial charge in [0.1, 0.15) is 0 Å². The number of hydrogen-bond donors (Lipinski definition) is 1. The van der Waals surface area contributed by atoms with Crippen LogP contribution in [0.1, 0.15) is 13.8 Å². The summed E-state index contributed by atoms with van der Waals surface area (Å²) in [6.07, 6.45) is -3.06. The van der Waals surface area contributed by atoms with Crippen LogP contribution in [0.25, 0.3) is 0 Å². The smallest absolute Gasteiger partial charge is 0.315 e. The lowest BCUT2D eigenvalue weighted by Gasteiger charge is -2.22. The lowest BCUT2D eigenvalue weighted by molar-refractivity contribution is -0.136. The van der Waals surface area contributed by atoms with Gasteiger partial charge in [0.15, 0.2) is 0 Å². The van der Waals surface area contributed by atoms with Gasteiger partial charge in [-0.3, -0.25) is 9.59 Å². The van der Waals surface area contributed by atoms with Crippen LogP contribution >= 0.6 is 0 Å². The number of rotatable bonds is 3. The lowest BCUT2D eigenvalue weighted by Crippen LogP contribution is -2.42. The van der Waals surface area contributed by atoms with E-state index in [1.807, 2.05) is 5.32 Å². The third-order valence-corrected chi connectivity index (χ3v) is 4.09. The van der Waals surface area contributed by atoms with Crippen molar-refractivity contribution in [1.29, 1.82) is 0 Å². The number of halogens is 2. The Morgan fingerprint density at radius 1 is 1.35 bits per heavy atom. The Morgan fingerprint density at radius 2 is 1.88 bits per heavy atom. The van der Waals surface area contributed by atoms with Gasteiger partial charge in [-0.15, -0.1) is 0 Å². The quantitative estimate of drug-likeness (QED) is 0.787. The van der Waals surface area contributed by atoms with E-state index in [1.54, 1.807) is 4.90 Å². The predicted molar refractivity (Wildman–Crippen MR) is 56.4 cm³/mol. The minimum Gasteiger partial charge on any atom is -0.342 e. The molecule has 96 valence electrons. The minimum atomic E-state index is -3.06. The zero-order chi connectivity index (χ0) is 12.8. The normalized spacial score (nSPS) is 29.1. The third-order valence-electron chi connectivity index (χ3n) is 4.09. The minimum absolute atomic E-state index is 0.276. The molecule has 6 heteroatoms. The van der Waals surface area contributed by atoms with Crippen molar-refractivity contribution in [3.8, 4) is 0 Å². The Hall–Kier alpha value is -1.20. The first-order valence-electron chi connectivity index (χ1n) is 5.67. The van der Waals surface area contributed by atoms with E-state index in [4.69, 9.17) is 0 Å². The number of carbonyl (C=O) groups excluding carboxylic acids is 2. The van der Waals surface area contributed by atoms with Crippen molar-refractivity contribution in [3.05, 3.63) is 0 Å². The zero-order valence-electron chi connectivity index (χ0n) is 9.87. The van der Waals surface area contributed by atoms with E-state index in [0.717, 1.165) is 0 Å². The molecular formula is C11H16F2N2O2. The standard InChI is InChI=1S/C11H16F2N2O2/c1-11(2)6-4-15(5-7(6)11)8(16)3-14-10(17)9(12)13/h6-7,9H,3-5H2,1-2H3,(H,14,17). The van der Waals surface area contributed by atoms with Crippen LogP contribution in [0.15, 0.2) is 0 Å². The summed E-state index contributed by atoms with van der Waals surface area (Å²) in [6, 6.07) is 0. The molecule has 0 spiro atoms. The van der Waals surface area contributed by atoms with E-state index in [2.05, 4.69) is 13.8 Å². The van der Waals surface area contributed by atoms with Gasteiger partial charge >= 0.3 is 6.43 Å². The van der Waals surface area contributed by atoms with Crippen molar-refractivity contribution in [3.63, 3.8) is 0 Å². The summed E-state index contributed by atoms with van der Waals surface area (Å²) in [5.74, 6) is -0.612. The Labute approximate surface area is 98.3 Å². The van der Waals surface area contributed by atoms with Gasteiger partial charge in [0.05, 0.1) is 6.54 Å². The highest BCUT2D eigenvalue weighted by molar-refractivity contribution is 5.86. The average molecular weight is 246 g/mol. The number of amides is 2. The highest BCUT2D eigenvalue weighted by Crippen LogP contribution is 2.61. The molecule has 0 bridgehead atoms. The Bertz CT molecular complexity index is 343. The first-order chi connectivity index (χ1) is 7.84. The van der Waals surface area contributed by atoms with Crippen LogP contribution in [0.3, 0.4) is 0 Å². The fraction of sp³-hybridized carbons (Fsp3) is 0.818. The zero-order valence-corrected chi connectivity index (χ0v) is 9.87. The van der Waals surface area contributed by atoms with E-state index >= 15 is 0 Å². The molecule has 1 aliphatic carbocycles. The number of carbonyl (C=O) groups is 2. The van der Waals surface area contributed by atoms with Crippen molar-refractivity contribution in [2.75, 3.05) is 19.6 Å². The highest BCUT2D eigenvalue weighted by atomic mass is 19.3. The molecule has 1 heterocycles. The second-order valence-electron chi connectivity index (χ2n) is 5.35. The van der Waals surface area contributed by atoms with Gasteiger partial charge in [-0.1, -0.05) is 13.8 Å². The molecule has 1 N–H and O–H groups in total. The van der Waals surface area contributed by atoms with Crippen LogP contribution in [0, 0.1) is 17.3 Å². The van der Waals surface area contributed by atoms with E-state index in [0.29, 0.717) is 30.3 Å². The molecule has 2 fully saturated rings. The van der Waals surface area contributed by atoms with Gasteiger partial charge in [0, 0.05) is 13.1 Å². The predicted octanol–water partition coefficient (Wildman–Crippen LogP) is 0.482. The van der Waals surface area contributed by atoms with Crippen LogP contribution in [0.5, 0.6) is 0 Å². The molecular weight excluding hydrogens is 230 g/mol. The Balaban J connectivity index is 1.75. The molecule has 1 saturated heterocycles. The Kier molecular flexibility index (Phi) is 2.83.